The van der Waals surface area contributed by atoms with Gasteiger partial charge in [-0.15, -0.1) is 0 Å². The van der Waals surface area contributed by atoms with Gasteiger partial charge in [-0.25, -0.2) is 4.79 Å². The first-order valence-corrected chi connectivity index (χ1v) is 7.66. The van der Waals surface area contributed by atoms with Crippen LogP contribution in [0.5, 0.6) is 0 Å². The topological polar surface area (TPSA) is 69.6 Å². The number of urea groups is 1. The molecular weight excluding hydrogens is 336 g/mol. The number of aryl methyl sites for hydroxylation is 1. The summed E-state index contributed by atoms with van der Waals surface area (Å²) >= 11 is 3.42. The Morgan fingerprint density at radius 2 is 2.05 bits per heavy atom. The minimum absolute atomic E-state index is 0.00280. The average molecular weight is 357 g/mol. The Morgan fingerprint density at radius 1 is 1.38 bits per heavy atom. The second-order valence-corrected chi connectivity index (χ2v) is 6.05. The number of carbonyl (C=O) groups excluding carboxylic acids is 1. The molecule has 1 aromatic rings. The van der Waals surface area contributed by atoms with E-state index in [0.717, 1.165) is 10.0 Å². The molecule has 0 saturated carbocycles. The van der Waals surface area contributed by atoms with E-state index in [-0.39, 0.29) is 18.5 Å². The summed E-state index contributed by atoms with van der Waals surface area (Å²) in [7, 11) is 0. The van der Waals surface area contributed by atoms with Gasteiger partial charge in [0.1, 0.15) is 0 Å². The zero-order valence-corrected chi connectivity index (χ0v) is 14.1. The number of carboxylic acids is 1. The number of hydrogen-bond acceptors (Lipinski definition) is 2. The number of halogens is 1. The zero-order valence-electron chi connectivity index (χ0n) is 12.5. The van der Waals surface area contributed by atoms with Crippen LogP contribution in [0.15, 0.2) is 22.7 Å². The molecule has 0 aliphatic carbocycles. The van der Waals surface area contributed by atoms with Crippen molar-refractivity contribution in [3.05, 3.63) is 28.2 Å². The first-order valence-electron chi connectivity index (χ1n) is 6.87. The standard InChI is InChI=1S/C15H21BrN2O3/c1-10(2)18(8-4-5-14(19)20)15(21)17-13-7-6-11(3)9-12(13)16/h6-7,9-10H,4-5,8H2,1-3H3,(H,17,21)(H,19,20). The second kappa shape index (κ2) is 8.02. The number of nitrogens with zero attached hydrogens (tertiary/aromatic N) is 1. The van der Waals surface area contributed by atoms with Crippen LogP contribution in [-0.4, -0.2) is 34.6 Å². The van der Waals surface area contributed by atoms with Crippen LogP contribution in [0.4, 0.5) is 10.5 Å². The quantitative estimate of drug-likeness (QED) is 0.812. The first-order chi connectivity index (χ1) is 9.81. The summed E-state index contributed by atoms with van der Waals surface area (Å²) in [6.07, 6.45) is 0.501. The van der Waals surface area contributed by atoms with E-state index in [0.29, 0.717) is 18.7 Å². The van der Waals surface area contributed by atoms with Gasteiger partial charge in [0.05, 0.1) is 5.69 Å². The summed E-state index contributed by atoms with van der Waals surface area (Å²) in [6, 6.07) is 5.47. The maximum atomic E-state index is 12.3. The molecule has 1 aromatic carbocycles. The van der Waals surface area contributed by atoms with Crippen molar-refractivity contribution in [2.45, 2.75) is 39.7 Å². The highest BCUT2D eigenvalue weighted by molar-refractivity contribution is 9.10. The van der Waals surface area contributed by atoms with E-state index in [1.165, 1.54) is 0 Å². The van der Waals surface area contributed by atoms with Gasteiger partial charge in [0.25, 0.3) is 0 Å². The molecule has 0 spiro atoms. The lowest BCUT2D eigenvalue weighted by Gasteiger charge is -2.27. The molecule has 0 aliphatic rings. The van der Waals surface area contributed by atoms with Gasteiger partial charge in [0, 0.05) is 23.5 Å². The number of hydrogen-bond donors (Lipinski definition) is 2. The minimum Gasteiger partial charge on any atom is -0.481 e. The highest BCUT2D eigenvalue weighted by Gasteiger charge is 2.17. The summed E-state index contributed by atoms with van der Waals surface area (Å²) < 4.78 is 0.824. The Balaban J connectivity index is 2.70. The number of nitrogens with one attached hydrogen (secondary N) is 1. The molecule has 0 fully saturated rings. The van der Waals surface area contributed by atoms with Gasteiger partial charge in [-0.2, -0.15) is 0 Å². The molecule has 21 heavy (non-hydrogen) atoms. The predicted octanol–water partition coefficient (Wildman–Crippen LogP) is 3.86. The van der Waals surface area contributed by atoms with Crippen molar-refractivity contribution >= 4 is 33.6 Å². The summed E-state index contributed by atoms with van der Waals surface area (Å²) in [6.45, 7) is 6.21. The Hall–Kier alpha value is -1.56. The molecule has 1 rings (SSSR count). The maximum Gasteiger partial charge on any atom is 0.322 e. The van der Waals surface area contributed by atoms with Gasteiger partial charge in [-0.1, -0.05) is 6.07 Å². The van der Waals surface area contributed by atoms with Crippen molar-refractivity contribution in [1.82, 2.24) is 4.90 Å². The SMILES string of the molecule is Cc1ccc(NC(=O)N(CCCC(=O)O)C(C)C)c(Br)c1. The van der Waals surface area contributed by atoms with E-state index >= 15 is 0 Å². The van der Waals surface area contributed by atoms with Crippen LogP contribution in [0.25, 0.3) is 0 Å². The monoisotopic (exact) mass is 356 g/mol. The molecule has 0 unspecified atom stereocenters. The van der Waals surface area contributed by atoms with Crippen LogP contribution in [0, 0.1) is 6.92 Å². The summed E-state index contributed by atoms with van der Waals surface area (Å²) in [4.78, 5) is 24.5. The van der Waals surface area contributed by atoms with Crippen LogP contribution in [-0.2, 0) is 4.79 Å². The molecule has 0 heterocycles. The second-order valence-electron chi connectivity index (χ2n) is 5.20. The fraction of sp³-hybridized carbons (Fsp3) is 0.467. The number of anilines is 1. The zero-order chi connectivity index (χ0) is 16.0. The number of carboxylic acid groups (broad SMARTS) is 1. The van der Waals surface area contributed by atoms with Gasteiger partial charge >= 0.3 is 12.0 Å². The lowest BCUT2D eigenvalue weighted by atomic mass is 10.2. The van der Waals surface area contributed by atoms with Gasteiger partial charge in [-0.3, -0.25) is 4.79 Å². The highest BCUT2D eigenvalue weighted by atomic mass is 79.9. The third kappa shape index (κ3) is 5.75. The van der Waals surface area contributed by atoms with Crippen molar-refractivity contribution in [2.75, 3.05) is 11.9 Å². The number of carbonyl (C=O) groups is 2. The van der Waals surface area contributed by atoms with Gasteiger partial charge in [0.15, 0.2) is 0 Å². The first kappa shape index (κ1) is 17.5. The van der Waals surface area contributed by atoms with E-state index in [2.05, 4.69) is 21.2 Å². The van der Waals surface area contributed by atoms with Crippen molar-refractivity contribution in [3.8, 4) is 0 Å². The Morgan fingerprint density at radius 3 is 2.57 bits per heavy atom. The Labute approximate surface area is 133 Å². The summed E-state index contributed by atoms with van der Waals surface area (Å²) in [5, 5.41) is 11.5. The number of rotatable bonds is 6. The predicted molar refractivity (Wildman–Crippen MR) is 86.6 cm³/mol. The van der Waals surface area contributed by atoms with E-state index in [1.807, 2.05) is 39.0 Å². The normalized spacial score (nSPS) is 10.5. The third-order valence-electron chi connectivity index (χ3n) is 3.04. The molecule has 2 amide bonds. The van der Waals surface area contributed by atoms with Gasteiger partial charge < -0.3 is 15.3 Å². The fourth-order valence-electron chi connectivity index (χ4n) is 1.90. The highest BCUT2D eigenvalue weighted by Crippen LogP contribution is 2.23. The van der Waals surface area contributed by atoms with Crippen molar-refractivity contribution in [2.24, 2.45) is 0 Å². The van der Waals surface area contributed by atoms with Gasteiger partial charge in [0.2, 0.25) is 0 Å². The molecule has 0 saturated heterocycles. The lowest BCUT2D eigenvalue weighted by molar-refractivity contribution is -0.137. The third-order valence-corrected chi connectivity index (χ3v) is 3.70. The van der Waals surface area contributed by atoms with Crippen LogP contribution < -0.4 is 5.32 Å². The molecule has 0 bridgehead atoms. The van der Waals surface area contributed by atoms with Crippen molar-refractivity contribution in [3.63, 3.8) is 0 Å². The molecule has 0 aliphatic heterocycles. The molecule has 5 nitrogen and oxygen atoms in total. The largest absolute Gasteiger partial charge is 0.481 e. The summed E-state index contributed by atoms with van der Waals surface area (Å²) in [5.74, 6) is -0.847. The Kier molecular flexibility index (Phi) is 6.68. The Bertz CT molecular complexity index is 518. The molecule has 0 atom stereocenters. The van der Waals surface area contributed by atoms with Crippen LogP contribution in [0.3, 0.4) is 0 Å². The van der Waals surface area contributed by atoms with Crippen LogP contribution >= 0.6 is 15.9 Å². The fourth-order valence-corrected chi connectivity index (χ4v) is 2.50. The smallest absolute Gasteiger partial charge is 0.322 e. The minimum atomic E-state index is -0.847. The molecule has 6 heteroatoms. The molecule has 116 valence electrons. The molecule has 0 aromatic heterocycles. The van der Waals surface area contributed by atoms with Crippen LogP contribution in [0.2, 0.25) is 0 Å². The molecule has 2 N–H and O–H groups in total. The van der Waals surface area contributed by atoms with Crippen molar-refractivity contribution < 1.29 is 14.7 Å². The van der Waals surface area contributed by atoms with E-state index in [4.69, 9.17) is 5.11 Å². The number of amides is 2. The number of benzene rings is 1. The van der Waals surface area contributed by atoms with Gasteiger partial charge in [-0.05, 0) is 60.8 Å². The maximum absolute atomic E-state index is 12.3. The van der Waals surface area contributed by atoms with Crippen molar-refractivity contribution in [1.29, 1.82) is 0 Å². The van der Waals surface area contributed by atoms with E-state index in [9.17, 15) is 9.59 Å². The number of aliphatic carboxylic acids is 1. The molecule has 0 radical (unpaired) electrons. The summed E-state index contributed by atoms with van der Waals surface area (Å²) in [5.41, 5.74) is 1.80. The van der Waals surface area contributed by atoms with E-state index < -0.39 is 5.97 Å². The average Bonchev–Trinajstić information content (AvgIpc) is 2.37. The van der Waals surface area contributed by atoms with Crippen LogP contribution in [0.1, 0.15) is 32.3 Å². The molecular formula is C15H21BrN2O3. The van der Waals surface area contributed by atoms with E-state index in [1.54, 1.807) is 4.90 Å². The lowest BCUT2D eigenvalue weighted by Crippen LogP contribution is -2.40.